The molecule has 20 heavy (non-hydrogen) atoms. The topological polar surface area (TPSA) is 109 Å². The van der Waals surface area contributed by atoms with Gasteiger partial charge in [0.05, 0.1) is 12.2 Å². The number of nitrogens with one attached hydrogen (secondary N) is 1. The predicted octanol–water partition coefficient (Wildman–Crippen LogP) is 0.986. The van der Waals surface area contributed by atoms with Crippen LogP contribution < -0.4 is 11.1 Å². The van der Waals surface area contributed by atoms with E-state index in [1.165, 1.54) is 11.8 Å². The van der Waals surface area contributed by atoms with Crippen LogP contribution >= 0.6 is 27.7 Å². The van der Waals surface area contributed by atoms with Crippen molar-refractivity contribution >= 4 is 45.5 Å². The fraction of sp³-hybridized carbons (Fsp3) is 0.250. The largest absolute Gasteiger partial charge is 0.480 e. The average Bonchev–Trinajstić information content (AvgIpc) is 2.36. The van der Waals surface area contributed by atoms with Gasteiger partial charge < -0.3 is 16.2 Å². The molecule has 1 atom stereocenters. The third-order valence-corrected chi connectivity index (χ3v) is 3.76. The average molecular weight is 361 g/mol. The van der Waals surface area contributed by atoms with E-state index in [9.17, 15) is 14.4 Å². The molecule has 2 amide bonds. The van der Waals surface area contributed by atoms with Crippen molar-refractivity contribution in [3.05, 3.63) is 28.7 Å². The first-order chi connectivity index (χ1) is 9.38. The van der Waals surface area contributed by atoms with Gasteiger partial charge in [-0.05, 0) is 24.3 Å². The standard InChI is InChI=1S/C12H13BrN2O4S/c13-7-1-3-8(4-2-7)20-6-11(17)15-9(12(18)19)5-10(14)16/h1-4,9H,5-6H2,(H2,14,16)(H,15,17)(H,18,19)/t9-/m0/s1. The molecule has 0 aromatic heterocycles. The Balaban J connectivity index is 2.47. The summed E-state index contributed by atoms with van der Waals surface area (Å²) in [7, 11) is 0. The molecule has 8 heteroatoms. The van der Waals surface area contributed by atoms with Crippen LogP contribution in [-0.2, 0) is 14.4 Å². The summed E-state index contributed by atoms with van der Waals surface area (Å²) in [6.45, 7) is 0. The van der Waals surface area contributed by atoms with E-state index in [-0.39, 0.29) is 5.75 Å². The van der Waals surface area contributed by atoms with Gasteiger partial charge in [0.2, 0.25) is 11.8 Å². The molecule has 0 radical (unpaired) electrons. The summed E-state index contributed by atoms with van der Waals surface area (Å²) in [5.41, 5.74) is 4.92. The highest BCUT2D eigenvalue weighted by Crippen LogP contribution is 2.20. The Kier molecular flexibility index (Phi) is 6.53. The summed E-state index contributed by atoms with van der Waals surface area (Å²) in [6, 6.07) is 6.06. The van der Waals surface area contributed by atoms with Crippen molar-refractivity contribution in [1.82, 2.24) is 5.32 Å². The van der Waals surface area contributed by atoms with E-state index in [2.05, 4.69) is 21.2 Å². The number of carbonyl (C=O) groups is 3. The zero-order chi connectivity index (χ0) is 15.1. The minimum Gasteiger partial charge on any atom is -0.480 e. The van der Waals surface area contributed by atoms with E-state index in [1.807, 2.05) is 24.3 Å². The Morgan fingerprint density at radius 3 is 2.40 bits per heavy atom. The third kappa shape index (κ3) is 6.07. The van der Waals surface area contributed by atoms with Crippen LogP contribution in [0.4, 0.5) is 0 Å². The Labute approximate surface area is 128 Å². The molecule has 0 saturated heterocycles. The SMILES string of the molecule is NC(=O)C[C@H](NC(=O)CSc1ccc(Br)cc1)C(=O)O. The zero-order valence-corrected chi connectivity index (χ0v) is 12.7. The number of benzene rings is 1. The van der Waals surface area contributed by atoms with Crippen LogP contribution in [0.2, 0.25) is 0 Å². The van der Waals surface area contributed by atoms with Crippen LogP contribution in [-0.4, -0.2) is 34.7 Å². The molecule has 1 rings (SSSR count). The predicted molar refractivity (Wildman–Crippen MR) is 78.2 cm³/mol. The molecule has 0 unspecified atom stereocenters. The summed E-state index contributed by atoms with van der Waals surface area (Å²) in [5.74, 6) is -2.47. The number of aliphatic carboxylic acids is 1. The van der Waals surface area contributed by atoms with Crippen molar-refractivity contribution in [3.63, 3.8) is 0 Å². The molecule has 0 fully saturated rings. The lowest BCUT2D eigenvalue weighted by molar-refractivity contribution is -0.143. The van der Waals surface area contributed by atoms with Gasteiger partial charge in [0.25, 0.3) is 0 Å². The second-order valence-corrected chi connectivity index (χ2v) is 5.84. The fourth-order valence-electron chi connectivity index (χ4n) is 1.32. The molecule has 0 heterocycles. The molecular weight excluding hydrogens is 348 g/mol. The number of carboxylic acids is 1. The van der Waals surface area contributed by atoms with Gasteiger partial charge in [0, 0.05) is 9.37 Å². The molecule has 0 aliphatic rings. The van der Waals surface area contributed by atoms with E-state index < -0.39 is 30.2 Å². The van der Waals surface area contributed by atoms with E-state index in [0.717, 1.165) is 9.37 Å². The molecule has 1 aromatic rings. The van der Waals surface area contributed by atoms with Crippen LogP contribution in [0.3, 0.4) is 0 Å². The molecule has 0 spiro atoms. The van der Waals surface area contributed by atoms with Gasteiger partial charge in [0.1, 0.15) is 6.04 Å². The van der Waals surface area contributed by atoms with Gasteiger partial charge in [-0.1, -0.05) is 15.9 Å². The van der Waals surface area contributed by atoms with E-state index in [4.69, 9.17) is 10.8 Å². The van der Waals surface area contributed by atoms with Crippen molar-refractivity contribution in [2.45, 2.75) is 17.4 Å². The lowest BCUT2D eigenvalue weighted by Crippen LogP contribution is -2.44. The molecule has 0 aliphatic carbocycles. The Morgan fingerprint density at radius 2 is 1.90 bits per heavy atom. The Morgan fingerprint density at radius 1 is 1.30 bits per heavy atom. The maximum atomic E-state index is 11.6. The van der Waals surface area contributed by atoms with Gasteiger partial charge in [-0.2, -0.15) is 0 Å². The number of carbonyl (C=O) groups excluding carboxylic acids is 2. The molecule has 0 aliphatic heterocycles. The molecule has 4 N–H and O–H groups in total. The number of carboxylic acid groups (broad SMARTS) is 1. The summed E-state index contributed by atoms with van der Waals surface area (Å²) >= 11 is 4.57. The fourth-order valence-corrected chi connectivity index (χ4v) is 2.29. The van der Waals surface area contributed by atoms with Gasteiger partial charge in [-0.3, -0.25) is 9.59 Å². The number of halogens is 1. The zero-order valence-electron chi connectivity index (χ0n) is 10.3. The normalized spacial score (nSPS) is 11.7. The third-order valence-electron chi connectivity index (χ3n) is 2.22. The lowest BCUT2D eigenvalue weighted by atomic mass is 10.2. The Hall–Kier alpha value is -1.54. The van der Waals surface area contributed by atoms with Crippen molar-refractivity contribution in [1.29, 1.82) is 0 Å². The van der Waals surface area contributed by atoms with Gasteiger partial charge in [0.15, 0.2) is 0 Å². The number of rotatable bonds is 7. The number of amides is 2. The van der Waals surface area contributed by atoms with Crippen molar-refractivity contribution < 1.29 is 19.5 Å². The highest BCUT2D eigenvalue weighted by atomic mass is 79.9. The number of hydrogen-bond donors (Lipinski definition) is 3. The monoisotopic (exact) mass is 360 g/mol. The molecule has 0 saturated carbocycles. The summed E-state index contributed by atoms with van der Waals surface area (Å²) < 4.78 is 0.929. The maximum Gasteiger partial charge on any atom is 0.326 e. The minimum atomic E-state index is -1.29. The van der Waals surface area contributed by atoms with Gasteiger partial charge in [-0.15, -0.1) is 11.8 Å². The van der Waals surface area contributed by atoms with E-state index in [0.29, 0.717) is 0 Å². The summed E-state index contributed by atoms with van der Waals surface area (Å²) in [4.78, 5) is 34.1. The minimum absolute atomic E-state index is 0.0597. The number of hydrogen-bond acceptors (Lipinski definition) is 4. The number of thioether (sulfide) groups is 1. The highest BCUT2D eigenvalue weighted by Gasteiger charge is 2.21. The van der Waals surface area contributed by atoms with Crippen LogP contribution in [0, 0.1) is 0 Å². The smallest absolute Gasteiger partial charge is 0.326 e. The quantitative estimate of drug-likeness (QED) is 0.628. The molecule has 108 valence electrons. The molecular formula is C12H13BrN2O4S. The van der Waals surface area contributed by atoms with E-state index >= 15 is 0 Å². The summed E-state index contributed by atoms with van der Waals surface area (Å²) in [6.07, 6.45) is -0.427. The first-order valence-corrected chi connectivity index (χ1v) is 7.35. The second-order valence-electron chi connectivity index (χ2n) is 3.87. The highest BCUT2D eigenvalue weighted by molar-refractivity contribution is 9.10. The van der Waals surface area contributed by atoms with E-state index in [1.54, 1.807) is 0 Å². The lowest BCUT2D eigenvalue weighted by Gasteiger charge is -2.12. The molecule has 1 aromatic carbocycles. The van der Waals surface area contributed by atoms with Gasteiger partial charge in [-0.25, -0.2) is 4.79 Å². The van der Waals surface area contributed by atoms with Crippen molar-refractivity contribution in [3.8, 4) is 0 Å². The van der Waals surface area contributed by atoms with Crippen molar-refractivity contribution in [2.75, 3.05) is 5.75 Å². The number of nitrogens with two attached hydrogens (primary N) is 1. The van der Waals surface area contributed by atoms with Crippen LogP contribution in [0.25, 0.3) is 0 Å². The molecule has 6 nitrogen and oxygen atoms in total. The summed E-state index contributed by atoms with van der Waals surface area (Å²) in [5, 5.41) is 11.1. The number of primary amides is 1. The van der Waals surface area contributed by atoms with Crippen LogP contribution in [0.1, 0.15) is 6.42 Å². The van der Waals surface area contributed by atoms with Crippen molar-refractivity contribution in [2.24, 2.45) is 5.73 Å². The van der Waals surface area contributed by atoms with Crippen LogP contribution in [0.5, 0.6) is 0 Å². The van der Waals surface area contributed by atoms with Gasteiger partial charge >= 0.3 is 5.97 Å². The first-order valence-electron chi connectivity index (χ1n) is 5.57. The Bertz CT molecular complexity index is 507. The van der Waals surface area contributed by atoms with Crippen LogP contribution in [0.15, 0.2) is 33.6 Å². The second kappa shape index (κ2) is 7.91. The molecule has 0 bridgehead atoms. The maximum absolute atomic E-state index is 11.6. The first kappa shape index (κ1) is 16.5.